The van der Waals surface area contributed by atoms with E-state index in [1.807, 2.05) is 12.1 Å². The van der Waals surface area contributed by atoms with Gasteiger partial charge in [-0.25, -0.2) is 4.79 Å². The van der Waals surface area contributed by atoms with Crippen molar-refractivity contribution in [2.24, 2.45) is 0 Å². The van der Waals surface area contributed by atoms with Crippen molar-refractivity contribution in [1.82, 2.24) is 5.32 Å². The summed E-state index contributed by atoms with van der Waals surface area (Å²) in [6.07, 6.45) is 0.766. The van der Waals surface area contributed by atoms with E-state index in [1.54, 1.807) is 19.2 Å². The van der Waals surface area contributed by atoms with Crippen molar-refractivity contribution in [3.8, 4) is 5.75 Å². The summed E-state index contributed by atoms with van der Waals surface area (Å²) in [7, 11) is 1.58. The lowest BCUT2D eigenvalue weighted by molar-refractivity contribution is 0.197. The number of anilines is 1. The van der Waals surface area contributed by atoms with E-state index in [0.717, 1.165) is 25.9 Å². The van der Waals surface area contributed by atoms with Crippen molar-refractivity contribution in [2.45, 2.75) is 18.9 Å². The van der Waals surface area contributed by atoms with Crippen molar-refractivity contribution in [1.29, 1.82) is 0 Å². The lowest BCUT2D eigenvalue weighted by Gasteiger charge is -2.32. The van der Waals surface area contributed by atoms with Crippen LogP contribution >= 0.6 is 0 Å². The Hall–Kier alpha value is -1.75. The number of ether oxygens (including phenoxy) is 1. The molecule has 0 aromatic heterocycles. The van der Waals surface area contributed by atoms with Gasteiger partial charge in [-0.1, -0.05) is 6.07 Å². The van der Waals surface area contributed by atoms with Crippen molar-refractivity contribution < 1.29 is 14.6 Å². The molecule has 2 rings (SSSR count). The molecule has 0 unspecified atom stereocenters. The van der Waals surface area contributed by atoms with Gasteiger partial charge in [0.25, 0.3) is 0 Å². The largest absolute Gasteiger partial charge is 0.497 e. The number of carboxylic acid groups (broad SMARTS) is 1. The third-order valence-corrected chi connectivity index (χ3v) is 3.21. The number of piperidine rings is 1. The molecule has 0 atom stereocenters. The number of methoxy groups -OCH3 is 1. The van der Waals surface area contributed by atoms with Gasteiger partial charge >= 0.3 is 6.09 Å². The number of benzene rings is 1. The number of carbonyl (C=O) groups is 1. The fourth-order valence-corrected chi connectivity index (χ4v) is 2.30. The number of hydrogen-bond donors (Lipinski definition) is 2. The van der Waals surface area contributed by atoms with Crippen LogP contribution in [0.5, 0.6) is 5.75 Å². The van der Waals surface area contributed by atoms with Crippen molar-refractivity contribution in [3.63, 3.8) is 0 Å². The molecular formula is C13H18N2O3. The summed E-state index contributed by atoms with van der Waals surface area (Å²) in [5, 5.41) is 12.6. The summed E-state index contributed by atoms with van der Waals surface area (Å²) in [4.78, 5) is 12.9. The first kappa shape index (κ1) is 12.7. The van der Waals surface area contributed by atoms with Crippen LogP contribution in [0.1, 0.15) is 12.8 Å². The predicted octanol–water partition coefficient (Wildman–Crippen LogP) is 1.93. The van der Waals surface area contributed by atoms with Gasteiger partial charge in [-0.3, -0.25) is 4.90 Å². The maximum absolute atomic E-state index is 11.5. The van der Waals surface area contributed by atoms with Gasteiger partial charge in [0, 0.05) is 12.1 Å². The van der Waals surface area contributed by atoms with E-state index < -0.39 is 6.09 Å². The quantitative estimate of drug-likeness (QED) is 0.860. The van der Waals surface area contributed by atoms with Gasteiger partial charge in [0.2, 0.25) is 0 Å². The highest BCUT2D eigenvalue weighted by Gasteiger charge is 2.26. The molecule has 98 valence electrons. The predicted molar refractivity (Wildman–Crippen MR) is 69.4 cm³/mol. The van der Waals surface area contributed by atoms with Crippen LogP contribution in [0.3, 0.4) is 0 Å². The molecule has 1 fully saturated rings. The van der Waals surface area contributed by atoms with Crippen LogP contribution in [0.4, 0.5) is 10.5 Å². The molecule has 0 aliphatic carbocycles. The molecule has 1 amide bonds. The van der Waals surface area contributed by atoms with E-state index in [9.17, 15) is 9.90 Å². The van der Waals surface area contributed by atoms with E-state index in [4.69, 9.17) is 4.74 Å². The molecule has 1 saturated heterocycles. The summed E-state index contributed by atoms with van der Waals surface area (Å²) in [5.74, 6) is 0.674. The number of amides is 1. The second-order valence-electron chi connectivity index (χ2n) is 4.34. The monoisotopic (exact) mass is 250 g/mol. The summed E-state index contributed by atoms with van der Waals surface area (Å²) in [6, 6.07) is 7.22. The highest BCUT2D eigenvalue weighted by molar-refractivity contribution is 5.87. The number of rotatable bonds is 3. The molecule has 2 N–H and O–H groups in total. The summed E-state index contributed by atoms with van der Waals surface area (Å²) in [6.45, 7) is 1.72. The molecule has 1 aliphatic rings. The zero-order valence-corrected chi connectivity index (χ0v) is 10.4. The molecule has 0 saturated carbocycles. The first-order valence-corrected chi connectivity index (χ1v) is 6.09. The molecular weight excluding hydrogens is 232 g/mol. The lowest BCUT2D eigenvalue weighted by atomic mass is 10.0. The molecule has 1 aliphatic heterocycles. The van der Waals surface area contributed by atoms with E-state index in [1.165, 1.54) is 4.90 Å². The molecule has 1 heterocycles. The minimum atomic E-state index is -0.907. The van der Waals surface area contributed by atoms with Crippen molar-refractivity contribution >= 4 is 11.8 Å². The van der Waals surface area contributed by atoms with Crippen LogP contribution in [0.15, 0.2) is 24.3 Å². The second kappa shape index (κ2) is 5.73. The average Bonchev–Trinajstić information content (AvgIpc) is 2.40. The number of nitrogens with one attached hydrogen (secondary N) is 1. The van der Waals surface area contributed by atoms with Gasteiger partial charge in [0.15, 0.2) is 0 Å². The summed E-state index contributed by atoms with van der Waals surface area (Å²) >= 11 is 0. The zero-order chi connectivity index (χ0) is 13.0. The Morgan fingerprint density at radius 1 is 1.44 bits per heavy atom. The van der Waals surface area contributed by atoms with Gasteiger partial charge in [-0.15, -0.1) is 0 Å². The smallest absolute Gasteiger partial charge is 0.412 e. The molecule has 0 bridgehead atoms. The first-order valence-electron chi connectivity index (χ1n) is 6.09. The van der Waals surface area contributed by atoms with Crippen molar-refractivity contribution in [2.75, 3.05) is 25.1 Å². The minimum Gasteiger partial charge on any atom is -0.497 e. The normalized spacial score (nSPS) is 16.3. The Labute approximate surface area is 106 Å². The van der Waals surface area contributed by atoms with Crippen LogP contribution < -0.4 is 15.0 Å². The third kappa shape index (κ3) is 2.73. The highest BCUT2D eigenvalue weighted by atomic mass is 16.5. The lowest BCUT2D eigenvalue weighted by Crippen LogP contribution is -2.45. The van der Waals surface area contributed by atoms with Crippen LogP contribution in [0.25, 0.3) is 0 Å². The molecule has 1 aromatic carbocycles. The molecule has 5 nitrogen and oxygen atoms in total. The van der Waals surface area contributed by atoms with Gasteiger partial charge in [-0.05, 0) is 38.1 Å². The topological polar surface area (TPSA) is 61.8 Å². The Morgan fingerprint density at radius 3 is 2.78 bits per heavy atom. The van der Waals surface area contributed by atoms with Crippen LogP contribution in [-0.4, -0.2) is 37.4 Å². The molecule has 0 spiro atoms. The third-order valence-electron chi connectivity index (χ3n) is 3.21. The zero-order valence-electron chi connectivity index (χ0n) is 10.4. The fraction of sp³-hybridized carbons (Fsp3) is 0.462. The maximum Gasteiger partial charge on any atom is 0.412 e. The van der Waals surface area contributed by atoms with Crippen LogP contribution in [0, 0.1) is 0 Å². The van der Waals surface area contributed by atoms with Crippen molar-refractivity contribution in [3.05, 3.63) is 24.3 Å². The van der Waals surface area contributed by atoms with E-state index in [-0.39, 0.29) is 6.04 Å². The highest BCUT2D eigenvalue weighted by Crippen LogP contribution is 2.25. The Balaban J connectivity index is 2.25. The molecule has 5 heteroatoms. The van der Waals surface area contributed by atoms with Gasteiger partial charge in [-0.2, -0.15) is 0 Å². The maximum atomic E-state index is 11.5. The average molecular weight is 250 g/mol. The van der Waals surface area contributed by atoms with Gasteiger partial charge < -0.3 is 15.2 Å². The molecule has 18 heavy (non-hydrogen) atoms. The molecule has 0 radical (unpaired) electrons. The molecule has 1 aromatic rings. The summed E-state index contributed by atoms with van der Waals surface area (Å²) < 4.78 is 5.14. The van der Waals surface area contributed by atoms with Crippen LogP contribution in [0.2, 0.25) is 0 Å². The number of nitrogens with zero attached hydrogens (tertiary/aromatic N) is 1. The summed E-state index contributed by atoms with van der Waals surface area (Å²) in [5.41, 5.74) is 0.675. The van der Waals surface area contributed by atoms with Gasteiger partial charge in [0.1, 0.15) is 5.75 Å². The minimum absolute atomic E-state index is 0.0378. The van der Waals surface area contributed by atoms with E-state index in [0.29, 0.717) is 11.4 Å². The van der Waals surface area contributed by atoms with E-state index >= 15 is 0 Å². The first-order chi connectivity index (χ1) is 8.72. The van der Waals surface area contributed by atoms with Crippen LogP contribution in [-0.2, 0) is 0 Å². The standard InChI is InChI=1S/C13H18N2O3/c1-18-12-4-2-3-11(9-12)15(13(16)17)10-5-7-14-8-6-10/h2-4,9-10,14H,5-8H2,1H3,(H,16,17). The Kier molecular flexibility index (Phi) is 4.04. The SMILES string of the molecule is COc1cccc(N(C(=O)O)C2CCNCC2)c1. The second-order valence-corrected chi connectivity index (χ2v) is 4.34. The Bertz CT molecular complexity index is 416. The number of hydrogen-bond acceptors (Lipinski definition) is 3. The Morgan fingerprint density at radius 2 is 2.17 bits per heavy atom. The van der Waals surface area contributed by atoms with E-state index in [2.05, 4.69) is 5.32 Å². The van der Waals surface area contributed by atoms with Gasteiger partial charge in [0.05, 0.1) is 12.8 Å². The fourth-order valence-electron chi connectivity index (χ4n) is 2.30.